The molecule has 0 atom stereocenters. The Morgan fingerprint density at radius 1 is 1.26 bits per heavy atom. The number of nitrogens with one attached hydrogen (secondary N) is 2. The molecule has 7 nitrogen and oxygen atoms in total. The molecule has 2 amide bonds. The van der Waals surface area contributed by atoms with Crippen LogP contribution in [0.4, 0.5) is 4.79 Å². The molecule has 0 unspecified atom stereocenters. The quantitative estimate of drug-likeness (QED) is 0.616. The van der Waals surface area contributed by atoms with Gasteiger partial charge in [-0.05, 0) is 17.7 Å². The van der Waals surface area contributed by atoms with Gasteiger partial charge in [-0.15, -0.1) is 0 Å². The van der Waals surface area contributed by atoms with Crippen LogP contribution in [0, 0.1) is 11.3 Å². The molecule has 0 saturated carbocycles. The van der Waals surface area contributed by atoms with Crippen molar-refractivity contribution in [3.05, 3.63) is 35.4 Å². The van der Waals surface area contributed by atoms with Crippen molar-refractivity contribution in [2.45, 2.75) is 5.75 Å². The molecule has 1 aromatic carbocycles. The van der Waals surface area contributed by atoms with Crippen LogP contribution in [-0.4, -0.2) is 27.5 Å². The van der Waals surface area contributed by atoms with Crippen LogP contribution in [-0.2, 0) is 15.8 Å². The number of amides is 2. The van der Waals surface area contributed by atoms with E-state index in [1.807, 2.05) is 6.07 Å². The van der Waals surface area contributed by atoms with Crippen molar-refractivity contribution in [1.29, 1.82) is 5.26 Å². The van der Waals surface area contributed by atoms with Crippen molar-refractivity contribution in [1.82, 2.24) is 10.0 Å². The maximum Gasteiger partial charge on any atom is 0.312 e. The Bertz CT molecular complexity index is 575. The number of carbonyl (C=O) groups excluding carboxylic acids is 1. The van der Waals surface area contributed by atoms with Crippen LogP contribution in [0.3, 0.4) is 0 Å². The predicted octanol–water partition coefficient (Wildman–Crippen LogP) is -0.354. The van der Waals surface area contributed by atoms with E-state index in [0.717, 1.165) is 0 Å². The van der Waals surface area contributed by atoms with Crippen LogP contribution in [0.5, 0.6) is 0 Å². The van der Waals surface area contributed by atoms with Crippen LogP contribution < -0.4 is 15.8 Å². The first kappa shape index (κ1) is 14.9. The zero-order valence-corrected chi connectivity index (χ0v) is 10.9. The second-order valence-electron chi connectivity index (χ2n) is 3.75. The summed E-state index contributed by atoms with van der Waals surface area (Å²) in [6.45, 7) is 0.198. The second-order valence-corrected chi connectivity index (χ2v) is 5.56. The highest BCUT2D eigenvalue weighted by molar-refractivity contribution is 7.88. The van der Waals surface area contributed by atoms with Crippen LogP contribution >= 0.6 is 0 Å². The fourth-order valence-corrected chi connectivity index (χ4v) is 2.48. The number of nitrogens with two attached hydrogens (primary N) is 1. The maximum absolute atomic E-state index is 11.7. The van der Waals surface area contributed by atoms with Gasteiger partial charge in [0.25, 0.3) is 0 Å². The summed E-state index contributed by atoms with van der Waals surface area (Å²) < 4.78 is 25.7. The van der Waals surface area contributed by atoms with Gasteiger partial charge in [-0.2, -0.15) is 5.26 Å². The van der Waals surface area contributed by atoms with Gasteiger partial charge in [-0.3, -0.25) is 0 Å². The molecule has 0 heterocycles. The van der Waals surface area contributed by atoms with E-state index in [2.05, 4.69) is 10.0 Å². The Morgan fingerprint density at radius 2 is 1.89 bits per heavy atom. The van der Waals surface area contributed by atoms with Crippen LogP contribution in [0.15, 0.2) is 24.3 Å². The number of carbonyl (C=O) groups is 1. The minimum atomic E-state index is -3.48. The van der Waals surface area contributed by atoms with Gasteiger partial charge in [-0.1, -0.05) is 12.1 Å². The largest absolute Gasteiger partial charge is 0.352 e. The number of sulfonamides is 1. The average Bonchev–Trinajstić information content (AvgIpc) is 2.35. The molecule has 0 aliphatic carbocycles. The Hall–Kier alpha value is -2.11. The predicted molar refractivity (Wildman–Crippen MR) is 69.4 cm³/mol. The summed E-state index contributed by atoms with van der Waals surface area (Å²) in [7, 11) is -3.48. The second kappa shape index (κ2) is 6.72. The smallest absolute Gasteiger partial charge is 0.312 e. The number of primary amides is 1. The summed E-state index contributed by atoms with van der Waals surface area (Å²) in [6, 6.07) is 7.53. The molecule has 102 valence electrons. The van der Waals surface area contributed by atoms with Gasteiger partial charge in [0.2, 0.25) is 10.0 Å². The third-order valence-electron chi connectivity index (χ3n) is 2.19. The van der Waals surface area contributed by atoms with Crippen LogP contribution in [0.2, 0.25) is 0 Å². The zero-order chi connectivity index (χ0) is 14.3. The van der Waals surface area contributed by atoms with Crippen LogP contribution in [0.25, 0.3) is 0 Å². The number of hydrogen-bond acceptors (Lipinski definition) is 4. The third kappa shape index (κ3) is 5.85. The molecule has 19 heavy (non-hydrogen) atoms. The number of nitriles is 1. The molecule has 0 radical (unpaired) electrons. The highest BCUT2D eigenvalue weighted by Gasteiger charge is 2.10. The highest BCUT2D eigenvalue weighted by atomic mass is 32.2. The molecule has 0 bridgehead atoms. The summed E-state index contributed by atoms with van der Waals surface area (Å²) in [5, 5.41) is 10.9. The number of urea groups is 1. The van der Waals surface area contributed by atoms with E-state index in [0.29, 0.717) is 11.1 Å². The van der Waals surface area contributed by atoms with E-state index in [-0.39, 0.29) is 18.8 Å². The van der Waals surface area contributed by atoms with E-state index < -0.39 is 16.1 Å². The van der Waals surface area contributed by atoms with E-state index in [1.165, 1.54) is 0 Å². The molecule has 1 rings (SSSR count). The fraction of sp³-hybridized carbons (Fsp3) is 0.273. The first-order chi connectivity index (χ1) is 8.93. The number of nitrogens with zero attached hydrogens (tertiary/aromatic N) is 1. The van der Waals surface area contributed by atoms with Crippen molar-refractivity contribution in [2.75, 3.05) is 13.1 Å². The third-order valence-corrected chi connectivity index (χ3v) is 3.54. The van der Waals surface area contributed by atoms with E-state index >= 15 is 0 Å². The molecule has 0 aliphatic heterocycles. The molecular weight excluding hydrogens is 268 g/mol. The molecule has 4 N–H and O–H groups in total. The standard InChI is InChI=1S/C11H14N4O3S/c12-7-9-1-3-10(4-2-9)8-19(17,18)15-6-5-14-11(13)16/h1-4,15H,5-6,8H2,(H3,13,14,16). The Morgan fingerprint density at radius 3 is 2.42 bits per heavy atom. The first-order valence-electron chi connectivity index (χ1n) is 5.42. The van der Waals surface area contributed by atoms with Crippen LogP contribution in [0.1, 0.15) is 11.1 Å². The molecule has 0 spiro atoms. The van der Waals surface area contributed by atoms with Crippen molar-refractivity contribution < 1.29 is 13.2 Å². The van der Waals surface area contributed by atoms with Gasteiger partial charge in [-0.25, -0.2) is 17.9 Å². The summed E-state index contributed by atoms with van der Waals surface area (Å²) in [6.07, 6.45) is 0. The lowest BCUT2D eigenvalue weighted by Gasteiger charge is -2.07. The minimum Gasteiger partial charge on any atom is -0.352 e. The first-order valence-corrected chi connectivity index (χ1v) is 7.08. The number of benzene rings is 1. The average molecular weight is 282 g/mol. The lowest BCUT2D eigenvalue weighted by molar-refractivity contribution is 0.249. The highest BCUT2D eigenvalue weighted by Crippen LogP contribution is 2.06. The topological polar surface area (TPSA) is 125 Å². The Labute approximate surface area is 111 Å². The molecule has 0 saturated heterocycles. The molecule has 0 aliphatic rings. The van der Waals surface area contributed by atoms with Gasteiger partial charge in [0.1, 0.15) is 0 Å². The van der Waals surface area contributed by atoms with Gasteiger partial charge in [0, 0.05) is 13.1 Å². The number of hydrogen-bond donors (Lipinski definition) is 3. The van der Waals surface area contributed by atoms with E-state index in [9.17, 15) is 13.2 Å². The van der Waals surface area contributed by atoms with Crippen molar-refractivity contribution in [2.24, 2.45) is 5.73 Å². The fourth-order valence-electron chi connectivity index (χ4n) is 1.34. The zero-order valence-electron chi connectivity index (χ0n) is 10.1. The lowest BCUT2D eigenvalue weighted by Crippen LogP contribution is -2.37. The molecule has 0 aromatic heterocycles. The van der Waals surface area contributed by atoms with E-state index in [1.54, 1.807) is 24.3 Å². The van der Waals surface area contributed by atoms with Crippen molar-refractivity contribution >= 4 is 16.1 Å². The van der Waals surface area contributed by atoms with Gasteiger partial charge in [0.15, 0.2) is 0 Å². The summed E-state index contributed by atoms with van der Waals surface area (Å²) in [4.78, 5) is 10.4. The molecule has 1 aromatic rings. The van der Waals surface area contributed by atoms with E-state index in [4.69, 9.17) is 11.0 Å². The summed E-state index contributed by atoms with van der Waals surface area (Å²) in [5.74, 6) is -0.185. The summed E-state index contributed by atoms with van der Waals surface area (Å²) in [5.41, 5.74) is 5.89. The maximum atomic E-state index is 11.7. The monoisotopic (exact) mass is 282 g/mol. The Balaban J connectivity index is 2.49. The van der Waals surface area contributed by atoms with Crippen molar-refractivity contribution in [3.8, 4) is 6.07 Å². The van der Waals surface area contributed by atoms with Gasteiger partial charge < -0.3 is 11.1 Å². The lowest BCUT2D eigenvalue weighted by atomic mass is 10.2. The molecule has 8 heteroatoms. The van der Waals surface area contributed by atoms with Gasteiger partial charge >= 0.3 is 6.03 Å². The SMILES string of the molecule is N#Cc1ccc(CS(=O)(=O)NCCNC(N)=O)cc1. The normalized spacial score (nSPS) is 10.7. The minimum absolute atomic E-state index is 0.0710. The Kier molecular flexibility index (Phi) is 5.29. The molecule has 0 fully saturated rings. The number of rotatable bonds is 6. The molecular formula is C11H14N4O3S. The summed E-state index contributed by atoms with van der Waals surface area (Å²) >= 11 is 0. The van der Waals surface area contributed by atoms with Crippen molar-refractivity contribution in [3.63, 3.8) is 0 Å². The van der Waals surface area contributed by atoms with Gasteiger partial charge in [0.05, 0.1) is 17.4 Å².